The van der Waals surface area contributed by atoms with Crippen molar-refractivity contribution in [3.63, 3.8) is 0 Å². The van der Waals surface area contributed by atoms with Crippen LogP contribution in [0.2, 0.25) is 0 Å². The van der Waals surface area contributed by atoms with Crippen molar-refractivity contribution in [1.29, 1.82) is 0 Å². The third-order valence-corrected chi connectivity index (χ3v) is 2.83. The zero-order chi connectivity index (χ0) is 12.3. The highest BCUT2D eigenvalue weighted by Gasteiger charge is 2.30. The molecule has 1 aliphatic carbocycles. The van der Waals surface area contributed by atoms with Crippen LogP contribution in [0.5, 0.6) is 0 Å². The first-order chi connectivity index (χ1) is 8.17. The van der Waals surface area contributed by atoms with Gasteiger partial charge in [-0.2, -0.15) is 5.10 Å². The lowest BCUT2D eigenvalue weighted by molar-refractivity contribution is -0.124. The highest BCUT2D eigenvalue weighted by molar-refractivity contribution is 5.76. The molecule has 2 rings (SSSR count). The molecule has 1 aromatic rings. The average molecular weight is 238 g/mol. The van der Waals surface area contributed by atoms with Crippen molar-refractivity contribution in [1.82, 2.24) is 15.1 Å². The molecule has 17 heavy (non-hydrogen) atoms. The molecule has 0 bridgehead atoms. The second-order valence-corrected chi connectivity index (χ2v) is 4.25. The Morgan fingerprint density at radius 1 is 1.71 bits per heavy atom. The van der Waals surface area contributed by atoms with Crippen LogP contribution in [-0.4, -0.2) is 34.4 Å². The maximum atomic E-state index is 11.6. The molecule has 0 atom stereocenters. The summed E-state index contributed by atoms with van der Waals surface area (Å²) in [5, 5.41) is 6.90. The highest BCUT2D eigenvalue weighted by atomic mass is 16.5. The smallest absolute Gasteiger partial charge is 0.241 e. The standard InChI is InChI=1S/C11H18N4O2/c1-2-17-9-5-8(6-9)13-11(16)7-15-4-3-10(12)14-15/h3-4,8-9H,2,5-7H2,1H3,(H2,12,14)(H,13,16). The molecular formula is C11H18N4O2. The number of aromatic nitrogens is 2. The normalized spacial score (nSPS) is 23.1. The first-order valence-corrected chi connectivity index (χ1v) is 5.87. The fourth-order valence-electron chi connectivity index (χ4n) is 1.94. The summed E-state index contributed by atoms with van der Waals surface area (Å²) in [6, 6.07) is 1.91. The average Bonchev–Trinajstić information content (AvgIpc) is 2.61. The van der Waals surface area contributed by atoms with Crippen LogP contribution in [0.15, 0.2) is 12.3 Å². The molecule has 0 radical (unpaired) electrons. The lowest BCUT2D eigenvalue weighted by Gasteiger charge is -2.35. The van der Waals surface area contributed by atoms with Gasteiger partial charge < -0.3 is 15.8 Å². The Bertz CT molecular complexity index is 385. The molecule has 3 N–H and O–H groups in total. The number of anilines is 1. The molecule has 1 aliphatic rings. The van der Waals surface area contributed by atoms with E-state index in [4.69, 9.17) is 10.5 Å². The number of carbonyl (C=O) groups is 1. The van der Waals surface area contributed by atoms with Crippen molar-refractivity contribution in [2.45, 2.75) is 38.5 Å². The quantitative estimate of drug-likeness (QED) is 0.765. The van der Waals surface area contributed by atoms with Gasteiger partial charge in [-0.25, -0.2) is 0 Å². The van der Waals surface area contributed by atoms with Crippen LogP contribution in [-0.2, 0) is 16.1 Å². The van der Waals surface area contributed by atoms with Gasteiger partial charge >= 0.3 is 0 Å². The summed E-state index contributed by atoms with van der Waals surface area (Å²) in [6.45, 7) is 2.93. The van der Waals surface area contributed by atoms with Gasteiger partial charge in [0.25, 0.3) is 0 Å². The minimum atomic E-state index is -0.0342. The molecule has 6 heteroatoms. The maximum Gasteiger partial charge on any atom is 0.241 e. The molecule has 0 saturated heterocycles. The largest absolute Gasteiger partial charge is 0.382 e. The van der Waals surface area contributed by atoms with Gasteiger partial charge in [0.05, 0.1) is 6.10 Å². The fraction of sp³-hybridized carbons (Fsp3) is 0.636. The molecule has 1 fully saturated rings. The summed E-state index contributed by atoms with van der Waals surface area (Å²) in [4.78, 5) is 11.6. The van der Waals surface area contributed by atoms with Crippen molar-refractivity contribution >= 4 is 11.7 Å². The number of hydrogen-bond donors (Lipinski definition) is 2. The number of ether oxygens (including phenoxy) is 1. The zero-order valence-corrected chi connectivity index (χ0v) is 9.93. The number of nitrogens with two attached hydrogens (primary N) is 1. The van der Waals surface area contributed by atoms with Crippen LogP contribution in [0.4, 0.5) is 5.82 Å². The second kappa shape index (κ2) is 5.18. The Balaban J connectivity index is 1.69. The van der Waals surface area contributed by atoms with Crippen LogP contribution in [0.1, 0.15) is 19.8 Å². The summed E-state index contributed by atoms with van der Waals surface area (Å²) in [5.74, 6) is 0.394. The molecule has 1 aromatic heterocycles. The summed E-state index contributed by atoms with van der Waals surface area (Å²) >= 11 is 0. The van der Waals surface area contributed by atoms with E-state index in [1.165, 1.54) is 4.68 Å². The van der Waals surface area contributed by atoms with Gasteiger partial charge in [0.2, 0.25) is 5.91 Å². The summed E-state index contributed by atoms with van der Waals surface area (Å²) in [6.07, 6.45) is 3.81. The predicted molar refractivity (Wildman–Crippen MR) is 63.2 cm³/mol. The van der Waals surface area contributed by atoms with Crippen LogP contribution < -0.4 is 11.1 Å². The van der Waals surface area contributed by atoms with Crippen molar-refractivity contribution in [3.05, 3.63) is 12.3 Å². The Hall–Kier alpha value is -1.56. The molecular weight excluding hydrogens is 220 g/mol. The second-order valence-electron chi connectivity index (χ2n) is 4.25. The topological polar surface area (TPSA) is 82.2 Å². The van der Waals surface area contributed by atoms with E-state index in [0.29, 0.717) is 11.9 Å². The van der Waals surface area contributed by atoms with Crippen molar-refractivity contribution < 1.29 is 9.53 Å². The van der Waals surface area contributed by atoms with E-state index in [9.17, 15) is 4.79 Å². The lowest BCUT2D eigenvalue weighted by Crippen LogP contribution is -2.48. The number of nitrogens with zero attached hydrogens (tertiary/aromatic N) is 2. The van der Waals surface area contributed by atoms with E-state index in [2.05, 4.69) is 10.4 Å². The Morgan fingerprint density at radius 3 is 3.06 bits per heavy atom. The highest BCUT2D eigenvalue weighted by Crippen LogP contribution is 2.22. The fourth-order valence-corrected chi connectivity index (χ4v) is 1.94. The first-order valence-electron chi connectivity index (χ1n) is 5.87. The molecule has 94 valence electrons. The number of amides is 1. The van der Waals surface area contributed by atoms with Gasteiger partial charge in [0, 0.05) is 18.8 Å². The SMILES string of the molecule is CCOC1CC(NC(=O)Cn2ccc(N)n2)C1. The van der Waals surface area contributed by atoms with E-state index in [1.54, 1.807) is 12.3 Å². The summed E-state index contributed by atoms with van der Waals surface area (Å²) in [7, 11) is 0. The van der Waals surface area contributed by atoms with Gasteiger partial charge in [-0.05, 0) is 25.8 Å². The van der Waals surface area contributed by atoms with Crippen molar-refractivity contribution in [3.8, 4) is 0 Å². The number of rotatable bonds is 5. The Kier molecular flexibility index (Phi) is 3.63. The molecule has 0 aliphatic heterocycles. The van der Waals surface area contributed by atoms with Gasteiger partial charge in [-0.3, -0.25) is 9.48 Å². The lowest BCUT2D eigenvalue weighted by atomic mass is 9.89. The van der Waals surface area contributed by atoms with E-state index in [-0.39, 0.29) is 18.5 Å². The van der Waals surface area contributed by atoms with Gasteiger partial charge in [-0.1, -0.05) is 0 Å². The summed E-state index contributed by atoms with van der Waals surface area (Å²) < 4.78 is 6.96. The molecule has 1 saturated carbocycles. The van der Waals surface area contributed by atoms with E-state index in [0.717, 1.165) is 19.4 Å². The molecule has 0 spiro atoms. The molecule has 0 unspecified atom stereocenters. The van der Waals surface area contributed by atoms with Crippen molar-refractivity contribution in [2.24, 2.45) is 0 Å². The third kappa shape index (κ3) is 3.20. The summed E-state index contributed by atoms with van der Waals surface area (Å²) in [5.41, 5.74) is 5.46. The monoisotopic (exact) mass is 238 g/mol. The minimum Gasteiger partial charge on any atom is -0.382 e. The Morgan fingerprint density at radius 2 is 2.47 bits per heavy atom. The van der Waals surface area contributed by atoms with Crippen LogP contribution in [0.25, 0.3) is 0 Å². The van der Waals surface area contributed by atoms with Crippen LogP contribution in [0, 0.1) is 0 Å². The maximum absolute atomic E-state index is 11.6. The van der Waals surface area contributed by atoms with Crippen LogP contribution >= 0.6 is 0 Å². The molecule has 0 aromatic carbocycles. The van der Waals surface area contributed by atoms with Crippen LogP contribution in [0.3, 0.4) is 0 Å². The van der Waals surface area contributed by atoms with E-state index < -0.39 is 0 Å². The predicted octanol–water partition coefficient (Wildman–Crippen LogP) is 0.149. The van der Waals surface area contributed by atoms with Gasteiger partial charge in [0.1, 0.15) is 12.4 Å². The van der Waals surface area contributed by atoms with Crippen molar-refractivity contribution in [2.75, 3.05) is 12.3 Å². The number of nitrogens with one attached hydrogen (secondary N) is 1. The van der Waals surface area contributed by atoms with Gasteiger partial charge in [-0.15, -0.1) is 0 Å². The zero-order valence-electron chi connectivity index (χ0n) is 9.93. The first kappa shape index (κ1) is 11.9. The van der Waals surface area contributed by atoms with Gasteiger partial charge in [0.15, 0.2) is 0 Å². The molecule has 6 nitrogen and oxygen atoms in total. The molecule has 1 amide bonds. The number of carbonyl (C=O) groups excluding carboxylic acids is 1. The van der Waals surface area contributed by atoms with E-state index in [1.807, 2.05) is 6.92 Å². The molecule has 1 heterocycles. The third-order valence-electron chi connectivity index (χ3n) is 2.83. The minimum absolute atomic E-state index is 0.0342. The number of hydrogen-bond acceptors (Lipinski definition) is 4. The van der Waals surface area contributed by atoms with E-state index >= 15 is 0 Å². The number of nitrogen functional groups attached to an aromatic ring is 1. The Labute approximate surface area is 100 Å².